The predicted molar refractivity (Wildman–Crippen MR) is 106 cm³/mol. The molecular weight excluding hydrogens is 354 g/mol. The molecule has 0 aliphatic heterocycles. The molecule has 0 amide bonds. The van der Waals surface area contributed by atoms with Crippen molar-refractivity contribution in [1.29, 1.82) is 0 Å². The smallest absolute Gasteiger partial charge is 0.356 e. The number of benzene rings is 1. The molecule has 1 aliphatic rings. The van der Waals surface area contributed by atoms with Gasteiger partial charge in [0.05, 0.1) is 5.69 Å². The van der Waals surface area contributed by atoms with Crippen LogP contribution in [0.25, 0.3) is 5.69 Å². The second-order valence-electron chi connectivity index (χ2n) is 7.32. The molecule has 7 nitrogen and oxygen atoms in total. The van der Waals surface area contributed by atoms with E-state index in [1.165, 1.54) is 5.56 Å². The summed E-state index contributed by atoms with van der Waals surface area (Å²) in [5.41, 5.74) is 4.49. The van der Waals surface area contributed by atoms with Crippen LogP contribution in [0.4, 0.5) is 0 Å². The molecule has 2 heterocycles. The number of carboxylic acid groups (broad SMARTS) is 1. The van der Waals surface area contributed by atoms with E-state index >= 15 is 0 Å². The first-order valence-electron chi connectivity index (χ1n) is 9.68. The molecule has 1 unspecified atom stereocenters. The average molecular weight is 379 g/mol. The van der Waals surface area contributed by atoms with Crippen molar-refractivity contribution >= 4 is 5.97 Å². The fraction of sp³-hybridized carbons (Fsp3) is 0.381. The Balaban J connectivity index is 1.47. The number of aromatic nitrogens is 4. The Kier molecular flexibility index (Phi) is 5.00. The van der Waals surface area contributed by atoms with Gasteiger partial charge >= 0.3 is 5.97 Å². The molecule has 7 heteroatoms. The Morgan fingerprint density at radius 2 is 2.11 bits per heavy atom. The van der Waals surface area contributed by atoms with Crippen molar-refractivity contribution in [2.24, 2.45) is 0 Å². The Labute approximate surface area is 164 Å². The fourth-order valence-corrected chi connectivity index (χ4v) is 4.07. The molecule has 4 rings (SSSR count). The van der Waals surface area contributed by atoms with Crippen molar-refractivity contribution in [2.75, 3.05) is 7.05 Å². The zero-order valence-electron chi connectivity index (χ0n) is 16.2. The molecule has 0 radical (unpaired) electrons. The normalized spacial score (nSPS) is 16.3. The lowest BCUT2D eigenvalue weighted by molar-refractivity contribution is 0.0687. The van der Waals surface area contributed by atoms with Crippen molar-refractivity contribution < 1.29 is 9.90 Å². The molecule has 0 saturated heterocycles. The number of likely N-dealkylation sites (N-methyl/N-ethyl adjacent to an activating group) is 1. The predicted octanol–water partition coefficient (Wildman–Crippen LogP) is 2.78. The minimum absolute atomic E-state index is 0.221. The van der Waals surface area contributed by atoms with Crippen LogP contribution in [-0.2, 0) is 25.9 Å². The number of aromatic carboxylic acids is 1. The molecule has 1 aromatic carbocycles. The molecule has 3 aromatic rings. The third kappa shape index (κ3) is 3.45. The van der Waals surface area contributed by atoms with Gasteiger partial charge in [-0.05, 0) is 57.0 Å². The summed E-state index contributed by atoms with van der Waals surface area (Å²) in [6, 6.07) is 10.6. The lowest BCUT2D eigenvalue weighted by Crippen LogP contribution is -2.36. The van der Waals surface area contributed by atoms with E-state index in [4.69, 9.17) is 0 Å². The number of carboxylic acids is 1. The Hall–Kier alpha value is -2.93. The molecule has 1 atom stereocenters. The van der Waals surface area contributed by atoms with E-state index in [1.54, 1.807) is 6.20 Å². The van der Waals surface area contributed by atoms with E-state index in [-0.39, 0.29) is 5.69 Å². The molecule has 0 spiro atoms. The standard InChI is InChI=1S/C21H25N5O2/c1-3-25-19-10-9-17(13-18(19)20(23-25)21(27)28)24(2)14-15-5-7-16(8-6-15)26-12-4-11-22-26/h4-8,11-12,17H,3,9-10,13-14H2,1-2H3,(H,27,28). The fourth-order valence-electron chi connectivity index (χ4n) is 4.07. The van der Waals surface area contributed by atoms with Crippen molar-refractivity contribution in [3.8, 4) is 5.69 Å². The SMILES string of the molecule is CCn1nc(C(=O)O)c2c1CCC(N(C)Cc1ccc(-n3cccn3)cc1)C2. The van der Waals surface area contributed by atoms with Crippen LogP contribution >= 0.6 is 0 Å². The summed E-state index contributed by atoms with van der Waals surface area (Å²) in [6.45, 7) is 3.53. The van der Waals surface area contributed by atoms with Crippen molar-refractivity contribution in [2.45, 2.75) is 45.3 Å². The van der Waals surface area contributed by atoms with Gasteiger partial charge in [-0.1, -0.05) is 12.1 Å². The second-order valence-corrected chi connectivity index (χ2v) is 7.32. The summed E-state index contributed by atoms with van der Waals surface area (Å²) in [6.07, 6.45) is 6.32. The monoisotopic (exact) mass is 379 g/mol. The Morgan fingerprint density at radius 1 is 1.32 bits per heavy atom. The third-order valence-corrected chi connectivity index (χ3v) is 5.58. The maximum atomic E-state index is 11.6. The zero-order valence-corrected chi connectivity index (χ0v) is 16.2. The molecule has 28 heavy (non-hydrogen) atoms. The number of hydrogen-bond acceptors (Lipinski definition) is 4. The molecule has 2 aromatic heterocycles. The van der Waals surface area contributed by atoms with E-state index in [0.29, 0.717) is 12.6 Å². The van der Waals surface area contributed by atoms with Crippen LogP contribution in [0.5, 0.6) is 0 Å². The van der Waals surface area contributed by atoms with Gasteiger partial charge in [-0.15, -0.1) is 0 Å². The van der Waals surface area contributed by atoms with E-state index < -0.39 is 5.97 Å². The number of nitrogens with zero attached hydrogens (tertiary/aromatic N) is 5. The van der Waals surface area contributed by atoms with Crippen LogP contribution in [0.15, 0.2) is 42.7 Å². The lowest BCUT2D eigenvalue weighted by Gasteiger charge is -2.31. The first-order chi connectivity index (χ1) is 13.6. The highest BCUT2D eigenvalue weighted by molar-refractivity contribution is 5.87. The van der Waals surface area contributed by atoms with E-state index in [2.05, 4.69) is 46.4 Å². The maximum Gasteiger partial charge on any atom is 0.356 e. The molecule has 0 fully saturated rings. The van der Waals surface area contributed by atoms with E-state index in [0.717, 1.165) is 42.8 Å². The van der Waals surface area contributed by atoms with Crippen LogP contribution in [-0.4, -0.2) is 48.6 Å². The quantitative estimate of drug-likeness (QED) is 0.713. The molecule has 146 valence electrons. The van der Waals surface area contributed by atoms with Gasteiger partial charge in [0.2, 0.25) is 0 Å². The first-order valence-corrected chi connectivity index (χ1v) is 9.68. The number of aryl methyl sites for hydroxylation is 1. The second kappa shape index (κ2) is 7.59. The van der Waals surface area contributed by atoms with Crippen molar-refractivity contribution in [3.63, 3.8) is 0 Å². The summed E-state index contributed by atoms with van der Waals surface area (Å²) in [4.78, 5) is 13.9. The summed E-state index contributed by atoms with van der Waals surface area (Å²) in [7, 11) is 2.11. The van der Waals surface area contributed by atoms with Gasteiger partial charge in [-0.2, -0.15) is 10.2 Å². The Morgan fingerprint density at radius 3 is 2.75 bits per heavy atom. The van der Waals surface area contributed by atoms with Gasteiger partial charge in [0.1, 0.15) is 0 Å². The summed E-state index contributed by atoms with van der Waals surface area (Å²) < 4.78 is 3.69. The van der Waals surface area contributed by atoms with Crippen LogP contribution in [0.3, 0.4) is 0 Å². The molecule has 1 N–H and O–H groups in total. The third-order valence-electron chi connectivity index (χ3n) is 5.58. The van der Waals surface area contributed by atoms with Gasteiger partial charge in [0.15, 0.2) is 5.69 Å². The van der Waals surface area contributed by atoms with Gasteiger partial charge < -0.3 is 5.11 Å². The van der Waals surface area contributed by atoms with Crippen LogP contribution in [0, 0.1) is 0 Å². The molecule has 0 saturated carbocycles. The van der Waals surface area contributed by atoms with Crippen molar-refractivity contribution in [1.82, 2.24) is 24.5 Å². The van der Waals surface area contributed by atoms with Gasteiger partial charge in [0, 0.05) is 42.8 Å². The van der Waals surface area contributed by atoms with Crippen molar-refractivity contribution in [3.05, 3.63) is 65.2 Å². The largest absolute Gasteiger partial charge is 0.476 e. The van der Waals surface area contributed by atoms with Gasteiger partial charge in [-0.25, -0.2) is 9.48 Å². The van der Waals surface area contributed by atoms with E-state index in [9.17, 15) is 9.90 Å². The highest BCUT2D eigenvalue weighted by Gasteiger charge is 2.30. The highest BCUT2D eigenvalue weighted by Crippen LogP contribution is 2.28. The number of rotatable bonds is 6. The molecular formula is C21H25N5O2. The number of fused-ring (bicyclic) bond motifs is 1. The maximum absolute atomic E-state index is 11.6. The zero-order chi connectivity index (χ0) is 19.7. The van der Waals surface area contributed by atoms with Crippen LogP contribution in [0.1, 0.15) is 40.7 Å². The van der Waals surface area contributed by atoms with Gasteiger partial charge in [0.25, 0.3) is 0 Å². The topological polar surface area (TPSA) is 76.2 Å². The van der Waals surface area contributed by atoms with Crippen LogP contribution < -0.4 is 0 Å². The number of hydrogen-bond donors (Lipinski definition) is 1. The lowest BCUT2D eigenvalue weighted by atomic mass is 9.90. The average Bonchev–Trinajstić information content (AvgIpc) is 3.36. The van der Waals surface area contributed by atoms with E-state index in [1.807, 2.05) is 28.6 Å². The minimum Gasteiger partial charge on any atom is -0.476 e. The summed E-state index contributed by atoms with van der Waals surface area (Å²) in [5, 5.41) is 18.1. The molecule has 0 bridgehead atoms. The highest BCUT2D eigenvalue weighted by atomic mass is 16.4. The molecule has 1 aliphatic carbocycles. The minimum atomic E-state index is -0.930. The van der Waals surface area contributed by atoms with Gasteiger partial charge in [-0.3, -0.25) is 9.58 Å². The summed E-state index contributed by atoms with van der Waals surface area (Å²) in [5.74, 6) is -0.930. The Bertz CT molecular complexity index is 960. The summed E-state index contributed by atoms with van der Waals surface area (Å²) >= 11 is 0. The van der Waals surface area contributed by atoms with Crippen LogP contribution in [0.2, 0.25) is 0 Å². The number of carbonyl (C=O) groups is 1. The first kappa shape index (κ1) is 18.4.